The Morgan fingerprint density at radius 1 is 1.21 bits per heavy atom. The van der Waals surface area contributed by atoms with Crippen molar-refractivity contribution >= 4 is 21.9 Å². The van der Waals surface area contributed by atoms with Crippen LogP contribution in [0.4, 0.5) is 0 Å². The van der Waals surface area contributed by atoms with Crippen LogP contribution in [0.3, 0.4) is 0 Å². The zero-order valence-electron chi connectivity index (χ0n) is 12.9. The predicted octanol–water partition coefficient (Wildman–Crippen LogP) is 3.08. The van der Waals surface area contributed by atoms with Gasteiger partial charge in [-0.1, -0.05) is 30.3 Å². The molecule has 0 saturated carbocycles. The molecular formula is C18H17BrO5. The van der Waals surface area contributed by atoms with Crippen molar-refractivity contribution in [3.8, 4) is 5.75 Å². The van der Waals surface area contributed by atoms with E-state index in [1.165, 1.54) is 0 Å². The predicted molar refractivity (Wildman–Crippen MR) is 90.9 cm³/mol. The molecule has 6 heteroatoms. The molecule has 0 spiro atoms. The number of aliphatic hydroxyl groups excluding tert-OH is 1. The lowest BCUT2D eigenvalue weighted by Gasteiger charge is -2.14. The number of fused-ring (bicyclic) bond motifs is 1. The lowest BCUT2D eigenvalue weighted by molar-refractivity contribution is 0.00535. The smallest absolute Gasteiger partial charge is 0.339 e. The monoisotopic (exact) mass is 392 g/mol. The quantitative estimate of drug-likeness (QED) is 0.733. The second kappa shape index (κ2) is 7.79. The third-order valence-corrected chi connectivity index (χ3v) is 4.21. The van der Waals surface area contributed by atoms with Crippen molar-refractivity contribution < 1.29 is 24.1 Å². The standard InChI is InChI=1S/C18H17BrO5/c19-16-6-13-9-24-18(21)15(13)7-17(16)23-11-14(20)10-22-8-12-4-2-1-3-5-12/h1-7,14,20H,8-11H2. The highest BCUT2D eigenvalue weighted by Gasteiger charge is 2.23. The highest BCUT2D eigenvalue weighted by molar-refractivity contribution is 9.10. The summed E-state index contributed by atoms with van der Waals surface area (Å²) in [5, 5.41) is 9.97. The molecule has 126 valence electrons. The highest BCUT2D eigenvalue weighted by atomic mass is 79.9. The van der Waals surface area contributed by atoms with Gasteiger partial charge in [-0.15, -0.1) is 0 Å². The molecule has 1 heterocycles. The zero-order chi connectivity index (χ0) is 16.9. The van der Waals surface area contributed by atoms with Crippen LogP contribution >= 0.6 is 15.9 Å². The van der Waals surface area contributed by atoms with Crippen LogP contribution in [0, 0.1) is 0 Å². The van der Waals surface area contributed by atoms with Gasteiger partial charge < -0.3 is 19.3 Å². The number of hydrogen-bond acceptors (Lipinski definition) is 5. The topological polar surface area (TPSA) is 65.0 Å². The van der Waals surface area contributed by atoms with Crippen LogP contribution in [0.15, 0.2) is 46.9 Å². The maximum atomic E-state index is 11.6. The average molecular weight is 393 g/mol. The lowest BCUT2D eigenvalue weighted by Crippen LogP contribution is -2.23. The molecule has 3 rings (SSSR count). The van der Waals surface area contributed by atoms with E-state index in [0.717, 1.165) is 15.6 Å². The van der Waals surface area contributed by atoms with Gasteiger partial charge in [0, 0.05) is 5.56 Å². The van der Waals surface area contributed by atoms with Crippen molar-refractivity contribution in [2.45, 2.75) is 19.3 Å². The summed E-state index contributed by atoms with van der Waals surface area (Å²) in [7, 11) is 0. The molecular weight excluding hydrogens is 376 g/mol. The minimum Gasteiger partial charge on any atom is -0.490 e. The summed E-state index contributed by atoms with van der Waals surface area (Å²) in [6, 6.07) is 13.2. The molecule has 1 atom stereocenters. The second-order valence-corrected chi connectivity index (χ2v) is 6.34. The number of halogens is 1. The second-order valence-electron chi connectivity index (χ2n) is 5.48. The van der Waals surface area contributed by atoms with E-state index in [2.05, 4.69) is 15.9 Å². The Balaban J connectivity index is 1.49. The molecule has 0 fully saturated rings. The Hall–Kier alpha value is -1.89. The van der Waals surface area contributed by atoms with Gasteiger partial charge in [-0.25, -0.2) is 4.79 Å². The number of esters is 1. The third-order valence-electron chi connectivity index (χ3n) is 3.59. The number of hydrogen-bond donors (Lipinski definition) is 1. The first-order chi connectivity index (χ1) is 11.6. The Labute approximate surface area is 148 Å². The summed E-state index contributed by atoms with van der Waals surface area (Å²) in [6.45, 7) is 0.954. The maximum Gasteiger partial charge on any atom is 0.339 e. The number of rotatable bonds is 7. The Bertz CT molecular complexity index is 717. The van der Waals surface area contributed by atoms with E-state index in [1.54, 1.807) is 12.1 Å². The number of carbonyl (C=O) groups is 1. The summed E-state index contributed by atoms with van der Waals surface area (Å²) in [4.78, 5) is 11.6. The summed E-state index contributed by atoms with van der Waals surface area (Å²) in [5.74, 6) is 0.142. The van der Waals surface area contributed by atoms with Gasteiger partial charge in [0.1, 0.15) is 25.1 Å². The molecule has 0 aliphatic carbocycles. The van der Waals surface area contributed by atoms with E-state index < -0.39 is 6.10 Å². The van der Waals surface area contributed by atoms with Crippen LogP contribution in [0.25, 0.3) is 0 Å². The zero-order valence-corrected chi connectivity index (χ0v) is 14.5. The first kappa shape index (κ1) is 17.0. The fourth-order valence-electron chi connectivity index (χ4n) is 2.36. The van der Waals surface area contributed by atoms with Gasteiger partial charge in [-0.05, 0) is 33.6 Å². The number of ether oxygens (including phenoxy) is 3. The van der Waals surface area contributed by atoms with Gasteiger partial charge in [0.25, 0.3) is 0 Å². The van der Waals surface area contributed by atoms with Gasteiger partial charge in [-0.3, -0.25) is 0 Å². The van der Waals surface area contributed by atoms with Crippen molar-refractivity contribution in [2.24, 2.45) is 0 Å². The molecule has 0 saturated heterocycles. The van der Waals surface area contributed by atoms with Gasteiger partial charge >= 0.3 is 5.97 Å². The molecule has 0 bridgehead atoms. The number of cyclic esters (lactones) is 1. The average Bonchev–Trinajstić information content (AvgIpc) is 2.94. The first-order valence-corrected chi connectivity index (χ1v) is 8.35. The highest BCUT2D eigenvalue weighted by Crippen LogP contribution is 2.32. The van der Waals surface area contributed by atoms with E-state index in [4.69, 9.17) is 14.2 Å². The largest absolute Gasteiger partial charge is 0.490 e. The van der Waals surface area contributed by atoms with Crippen LogP contribution < -0.4 is 4.74 Å². The molecule has 0 aromatic heterocycles. The summed E-state index contributed by atoms with van der Waals surface area (Å²) in [6.07, 6.45) is -0.763. The Kier molecular flexibility index (Phi) is 5.50. The molecule has 1 unspecified atom stereocenters. The fraction of sp³-hybridized carbons (Fsp3) is 0.278. The minimum absolute atomic E-state index is 0.0707. The Morgan fingerprint density at radius 2 is 2.00 bits per heavy atom. The van der Waals surface area contributed by atoms with E-state index in [0.29, 0.717) is 17.9 Å². The molecule has 0 radical (unpaired) electrons. The summed E-state index contributed by atoms with van der Waals surface area (Å²) in [5.41, 5.74) is 2.37. The van der Waals surface area contributed by atoms with Crippen molar-refractivity contribution in [1.29, 1.82) is 0 Å². The van der Waals surface area contributed by atoms with Crippen molar-refractivity contribution in [1.82, 2.24) is 0 Å². The van der Waals surface area contributed by atoms with E-state index in [9.17, 15) is 9.90 Å². The number of carbonyl (C=O) groups excluding carboxylic acids is 1. The molecule has 2 aromatic carbocycles. The van der Waals surface area contributed by atoms with Crippen LogP contribution in [-0.2, 0) is 22.7 Å². The van der Waals surface area contributed by atoms with Crippen LogP contribution in [0.2, 0.25) is 0 Å². The van der Waals surface area contributed by atoms with Gasteiger partial charge in [-0.2, -0.15) is 0 Å². The van der Waals surface area contributed by atoms with Gasteiger partial charge in [0.15, 0.2) is 0 Å². The molecule has 0 amide bonds. The summed E-state index contributed by atoms with van der Waals surface area (Å²) < 4.78 is 16.8. The van der Waals surface area contributed by atoms with Gasteiger partial charge in [0.05, 0.1) is 23.2 Å². The molecule has 1 N–H and O–H groups in total. The summed E-state index contributed by atoms with van der Waals surface area (Å²) >= 11 is 3.40. The molecule has 2 aromatic rings. The van der Waals surface area contributed by atoms with Gasteiger partial charge in [0.2, 0.25) is 0 Å². The molecule has 1 aliphatic rings. The molecule has 5 nitrogen and oxygen atoms in total. The number of aliphatic hydroxyl groups is 1. The molecule has 1 aliphatic heterocycles. The Morgan fingerprint density at radius 3 is 2.79 bits per heavy atom. The van der Waals surface area contributed by atoms with Crippen LogP contribution in [-0.4, -0.2) is 30.4 Å². The molecule has 24 heavy (non-hydrogen) atoms. The van der Waals surface area contributed by atoms with Crippen LogP contribution in [0.5, 0.6) is 5.75 Å². The van der Waals surface area contributed by atoms with Crippen LogP contribution in [0.1, 0.15) is 21.5 Å². The van der Waals surface area contributed by atoms with E-state index in [-0.39, 0.29) is 25.8 Å². The van der Waals surface area contributed by atoms with E-state index >= 15 is 0 Å². The number of benzene rings is 2. The van der Waals surface area contributed by atoms with Crippen molar-refractivity contribution in [3.05, 3.63) is 63.6 Å². The minimum atomic E-state index is -0.763. The fourth-order valence-corrected chi connectivity index (χ4v) is 2.86. The maximum absolute atomic E-state index is 11.6. The first-order valence-electron chi connectivity index (χ1n) is 7.55. The van der Waals surface area contributed by atoms with E-state index in [1.807, 2.05) is 30.3 Å². The third kappa shape index (κ3) is 4.14. The normalized spacial score (nSPS) is 14.2. The SMILES string of the molecule is O=C1OCc2cc(Br)c(OCC(O)COCc3ccccc3)cc21. The van der Waals surface area contributed by atoms with Crippen molar-refractivity contribution in [2.75, 3.05) is 13.2 Å². The lowest BCUT2D eigenvalue weighted by atomic mass is 10.1. The van der Waals surface area contributed by atoms with Crippen molar-refractivity contribution in [3.63, 3.8) is 0 Å².